The van der Waals surface area contributed by atoms with Gasteiger partial charge in [-0.25, -0.2) is 0 Å². The van der Waals surface area contributed by atoms with Crippen LogP contribution in [0.4, 0.5) is 11.4 Å². The van der Waals surface area contributed by atoms with Crippen LogP contribution in [0.3, 0.4) is 0 Å². The lowest BCUT2D eigenvalue weighted by Crippen LogP contribution is -2.48. The highest BCUT2D eigenvalue weighted by Crippen LogP contribution is 2.47. The van der Waals surface area contributed by atoms with E-state index in [4.69, 9.17) is 5.73 Å². The summed E-state index contributed by atoms with van der Waals surface area (Å²) in [5, 5.41) is 0. The normalized spacial score (nSPS) is 21.8. The van der Waals surface area contributed by atoms with Crippen LogP contribution >= 0.6 is 11.8 Å². The summed E-state index contributed by atoms with van der Waals surface area (Å²) in [5.41, 5.74) is 7.40. The van der Waals surface area contributed by atoms with Crippen LogP contribution < -0.4 is 10.6 Å². The lowest BCUT2D eigenvalue weighted by atomic mass is 10.0. The third-order valence-corrected chi connectivity index (χ3v) is 5.13. The number of hydrogen-bond donors (Lipinski definition) is 1. The zero-order valence-corrected chi connectivity index (χ0v) is 12.9. The van der Waals surface area contributed by atoms with Gasteiger partial charge in [0.1, 0.15) is 5.78 Å². The zero-order chi connectivity index (χ0) is 14.9. The van der Waals surface area contributed by atoms with Crippen molar-refractivity contribution in [2.45, 2.75) is 43.3 Å². The zero-order valence-electron chi connectivity index (χ0n) is 12.1. The number of carbonyl (C=O) groups excluding carboxylic acids is 2. The minimum Gasteiger partial charge on any atom is -0.399 e. The van der Waals surface area contributed by atoms with Crippen LogP contribution in [0.25, 0.3) is 0 Å². The fourth-order valence-electron chi connectivity index (χ4n) is 2.23. The quantitative estimate of drug-likeness (QED) is 0.867. The molecule has 1 aromatic carbocycles. The van der Waals surface area contributed by atoms with Gasteiger partial charge in [0, 0.05) is 23.5 Å². The van der Waals surface area contributed by atoms with Crippen LogP contribution in [0, 0.1) is 0 Å². The van der Waals surface area contributed by atoms with E-state index in [2.05, 4.69) is 0 Å². The number of thioether (sulfide) groups is 1. The summed E-state index contributed by atoms with van der Waals surface area (Å²) in [5.74, 6) is 0.162. The Balaban J connectivity index is 2.43. The number of carbonyl (C=O) groups is 2. The number of Topliss-reactive ketones (excluding diaryl/α,β-unsaturated/α-hetero) is 1. The number of benzene rings is 1. The number of nitrogen functional groups attached to an aromatic ring is 1. The van der Waals surface area contributed by atoms with E-state index in [0.29, 0.717) is 18.7 Å². The Hall–Kier alpha value is -1.49. The van der Waals surface area contributed by atoms with Gasteiger partial charge in [-0.2, -0.15) is 0 Å². The van der Waals surface area contributed by atoms with Gasteiger partial charge in [0.05, 0.1) is 10.4 Å². The molecule has 0 bridgehead atoms. The van der Waals surface area contributed by atoms with E-state index in [9.17, 15) is 9.59 Å². The van der Waals surface area contributed by atoms with Crippen molar-refractivity contribution >= 4 is 34.8 Å². The molecule has 1 amide bonds. The Morgan fingerprint density at radius 3 is 2.75 bits per heavy atom. The Morgan fingerprint density at radius 2 is 2.15 bits per heavy atom. The van der Waals surface area contributed by atoms with Crippen molar-refractivity contribution in [3.8, 4) is 0 Å². The molecule has 1 atom stereocenters. The molecule has 1 heterocycles. The van der Waals surface area contributed by atoms with E-state index in [1.54, 1.807) is 29.7 Å². The number of nitrogens with zero attached hydrogens (tertiary/aromatic N) is 1. The maximum atomic E-state index is 12.7. The van der Waals surface area contributed by atoms with Crippen molar-refractivity contribution in [3.05, 3.63) is 18.2 Å². The highest BCUT2D eigenvalue weighted by atomic mass is 32.2. The number of hydrogen-bond acceptors (Lipinski definition) is 4. The first kappa shape index (κ1) is 14.9. The maximum Gasteiger partial charge on any atom is 0.243 e. The monoisotopic (exact) mass is 292 g/mol. The molecule has 2 rings (SSSR count). The number of nitrogens with two attached hydrogens (primary N) is 1. The first-order chi connectivity index (χ1) is 9.37. The molecule has 20 heavy (non-hydrogen) atoms. The second-order valence-corrected chi connectivity index (χ2v) is 6.87. The molecule has 1 aliphatic heterocycles. The van der Waals surface area contributed by atoms with Gasteiger partial charge in [0.15, 0.2) is 0 Å². The molecule has 5 heteroatoms. The molecule has 1 aromatic rings. The Bertz CT molecular complexity index is 559. The number of rotatable bonds is 4. The van der Waals surface area contributed by atoms with Gasteiger partial charge < -0.3 is 10.6 Å². The van der Waals surface area contributed by atoms with Crippen molar-refractivity contribution in [1.29, 1.82) is 0 Å². The summed E-state index contributed by atoms with van der Waals surface area (Å²) in [6.07, 6.45) is 1.11. The molecular weight excluding hydrogens is 272 g/mol. The Morgan fingerprint density at radius 1 is 1.45 bits per heavy atom. The molecule has 0 saturated carbocycles. The van der Waals surface area contributed by atoms with E-state index in [-0.39, 0.29) is 11.7 Å². The van der Waals surface area contributed by atoms with E-state index >= 15 is 0 Å². The molecule has 0 aliphatic carbocycles. The number of ketones is 1. The molecular formula is C15H20N2O2S. The van der Waals surface area contributed by atoms with Crippen molar-refractivity contribution in [2.24, 2.45) is 0 Å². The van der Waals surface area contributed by atoms with E-state index < -0.39 is 4.75 Å². The summed E-state index contributed by atoms with van der Waals surface area (Å²) in [6, 6.07) is 5.56. The maximum absolute atomic E-state index is 12.7. The third-order valence-electron chi connectivity index (χ3n) is 3.67. The van der Waals surface area contributed by atoms with E-state index in [0.717, 1.165) is 17.0 Å². The van der Waals surface area contributed by atoms with Crippen molar-refractivity contribution < 1.29 is 9.59 Å². The summed E-state index contributed by atoms with van der Waals surface area (Å²) in [7, 11) is 0. The lowest BCUT2D eigenvalue weighted by Gasteiger charge is -2.39. The van der Waals surface area contributed by atoms with Gasteiger partial charge in [0.2, 0.25) is 5.91 Å². The molecule has 4 nitrogen and oxygen atoms in total. The van der Waals surface area contributed by atoms with Crippen LogP contribution in [-0.4, -0.2) is 23.0 Å². The van der Waals surface area contributed by atoms with Gasteiger partial charge in [-0.1, -0.05) is 6.92 Å². The van der Waals surface area contributed by atoms with E-state index in [1.807, 2.05) is 26.0 Å². The Labute approximate surface area is 123 Å². The summed E-state index contributed by atoms with van der Waals surface area (Å²) >= 11 is 1.56. The van der Waals surface area contributed by atoms with Crippen LogP contribution in [0.1, 0.15) is 33.6 Å². The summed E-state index contributed by atoms with van der Waals surface area (Å²) in [4.78, 5) is 26.7. The SMILES string of the molecule is CCC1(C)Sc2cc(N)ccc2N(CCC(C)=O)C1=O. The van der Waals surface area contributed by atoms with Gasteiger partial charge >= 0.3 is 0 Å². The fourth-order valence-corrected chi connectivity index (χ4v) is 3.54. The standard InChI is InChI=1S/C15H20N2O2S/c1-4-15(3)14(19)17(8-7-10(2)18)12-6-5-11(16)9-13(12)20-15/h5-6,9H,4,7-8,16H2,1-3H3. The Kier molecular flexibility index (Phi) is 4.09. The van der Waals surface area contributed by atoms with Crippen molar-refractivity contribution in [1.82, 2.24) is 0 Å². The molecule has 1 unspecified atom stereocenters. The van der Waals surface area contributed by atoms with Gasteiger partial charge in [0.25, 0.3) is 0 Å². The highest BCUT2D eigenvalue weighted by Gasteiger charge is 2.42. The molecule has 0 spiro atoms. The largest absolute Gasteiger partial charge is 0.399 e. The van der Waals surface area contributed by atoms with Crippen LogP contribution in [0.5, 0.6) is 0 Å². The molecule has 0 fully saturated rings. The second-order valence-electron chi connectivity index (χ2n) is 5.32. The van der Waals surface area contributed by atoms with Gasteiger partial charge in [-0.3, -0.25) is 9.59 Å². The topological polar surface area (TPSA) is 63.4 Å². The third kappa shape index (κ3) is 2.68. The molecule has 1 aliphatic rings. The smallest absolute Gasteiger partial charge is 0.243 e. The van der Waals surface area contributed by atoms with Gasteiger partial charge in [-0.05, 0) is 38.5 Å². The first-order valence-corrected chi connectivity index (χ1v) is 7.59. The minimum absolute atomic E-state index is 0.0727. The molecule has 0 saturated heterocycles. The average Bonchev–Trinajstić information content (AvgIpc) is 2.39. The molecule has 0 radical (unpaired) electrons. The summed E-state index contributed by atoms with van der Waals surface area (Å²) < 4.78 is -0.489. The van der Waals surface area contributed by atoms with Crippen LogP contribution in [-0.2, 0) is 9.59 Å². The van der Waals surface area contributed by atoms with Crippen molar-refractivity contribution in [3.63, 3.8) is 0 Å². The summed E-state index contributed by atoms with van der Waals surface area (Å²) in [6.45, 7) is 5.94. The molecule has 0 aromatic heterocycles. The minimum atomic E-state index is -0.489. The number of amides is 1. The lowest BCUT2D eigenvalue weighted by molar-refractivity contribution is -0.121. The first-order valence-electron chi connectivity index (χ1n) is 6.77. The molecule has 108 valence electrons. The number of fused-ring (bicyclic) bond motifs is 1. The molecule has 2 N–H and O–H groups in total. The van der Waals surface area contributed by atoms with Crippen LogP contribution in [0.2, 0.25) is 0 Å². The van der Waals surface area contributed by atoms with Crippen LogP contribution in [0.15, 0.2) is 23.1 Å². The average molecular weight is 292 g/mol. The predicted molar refractivity (Wildman–Crippen MR) is 83.1 cm³/mol. The van der Waals surface area contributed by atoms with Crippen molar-refractivity contribution in [2.75, 3.05) is 17.2 Å². The highest BCUT2D eigenvalue weighted by molar-refractivity contribution is 8.01. The number of anilines is 2. The van der Waals surface area contributed by atoms with E-state index in [1.165, 1.54) is 0 Å². The van der Waals surface area contributed by atoms with Gasteiger partial charge in [-0.15, -0.1) is 11.8 Å². The fraction of sp³-hybridized carbons (Fsp3) is 0.467. The predicted octanol–water partition coefficient (Wildman–Crippen LogP) is 2.86. The second kappa shape index (κ2) is 5.48.